The van der Waals surface area contributed by atoms with Gasteiger partial charge in [0.1, 0.15) is 11.5 Å². The van der Waals surface area contributed by atoms with Crippen molar-refractivity contribution in [2.24, 2.45) is 0 Å². The third kappa shape index (κ3) is 4.19. The summed E-state index contributed by atoms with van der Waals surface area (Å²) in [5.74, 6) is -0.304. The molecular weight excluding hydrogens is 427 g/mol. The quantitative estimate of drug-likeness (QED) is 0.423. The second-order valence-electron chi connectivity index (χ2n) is 8.69. The molecule has 0 bridgehead atoms. The van der Waals surface area contributed by atoms with E-state index in [4.69, 9.17) is 5.10 Å². The van der Waals surface area contributed by atoms with E-state index >= 15 is 0 Å². The molecule has 1 fully saturated rings. The normalized spacial score (nSPS) is 13.9. The number of halogens is 1. The SMILES string of the molecule is Cc1ccc(-c2cc(C(=O)N3CCN(c4ccccc4F)CC3)n(-c3ccccc3)n2)cc1C. The molecule has 34 heavy (non-hydrogen) atoms. The van der Waals surface area contributed by atoms with Gasteiger partial charge in [0, 0.05) is 31.7 Å². The number of carbonyl (C=O) groups excluding carboxylic acids is 1. The average molecular weight is 455 g/mol. The number of rotatable bonds is 4. The van der Waals surface area contributed by atoms with Crippen molar-refractivity contribution in [3.63, 3.8) is 0 Å². The predicted molar refractivity (Wildman–Crippen MR) is 133 cm³/mol. The zero-order chi connectivity index (χ0) is 23.7. The molecule has 0 spiro atoms. The molecule has 0 aliphatic carbocycles. The number of hydrogen-bond donors (Lipinski definition) is 0. The van der Waals surface area contributed by atoms with Gasteiger partial charge in [0.15, 0.2) is 0 Å². The highest BCUT2D eigenvalue weighted by Crippen LogP contribution is 2.26. The maximum absolute atomic E-state index is 14.2. The van der Waals surface area contributed by atoms with Crippen molar-refractivity contribution >= 4 is 11.6 Å². The minimum Gasteiger partial charge on any atom is -0.366 e. The molecule has 1 aromatic heterocycles. The van der Waals surface area contributed by atoms with Crippen LogP contribution in [0, 0.1) is 19.7 Å². The molecule has 5 nitrogen and oxygen atoms in total. The van der Waals surface area contributed by atoms with E-state index < -0.39 is 0 Å². The van der Waals surface area contributed by atoms with Crippen molar-refractivity contribution in [3.05, 3.63) is 102 Å². The molecule has 3 aromatic carbocycles. The molecule has 1 saturated heterocycles. The fraction of sp³-hybridized carbons (Fsp3) is 0.214. The van der Waals surface area contributed by atoms with Crippen molar-refractivity contribution in [3.8, 4) is 16.9 Å². The Morgan fingerprint density at radius 3 is 2.24 bits per heavy atom. The van der Waals surface area contributed by atoms with Crippen molar-refractivity contribution in [2.45, 2.75) is 13.8 Å². The first-order chi connectivity index (χ1) is 16.5. The number of para-hydroxylation sites is 2. The van der Waals surface area contributed by atoms with Crippen molar-refractivity contribution in [1.82, 2.24) is 14.7 Å². The predicted octanol–water partition coefficient (Wildman–Crippen LogP) is 5.26. The van der Waals surface area contributed by atoms with Gasteiger partial charge >= 0.3 is 0 Å². The molecule has 5 rings (SSSR count). The van der Waals surface area contributed by atoms with Crippen molar-refractivity contribution in [1.29, 1.82) is 0 Å². The van der Waals surface area contributed by atoms with Gasteiger partial charge in [-0.15, -0.1) is 0 Å². The topological polar surface area (TPSA) is 41.4 Å². The number of benzene rings is 3. The number of nitrogens with zero attached hydrogens (tertiary/aromatic N) is 4. The lowest BCUT2D eigenvalue weighted by Gasteiger charge is -2.36. The van der Waals surface area contributed by atoms with Gasteiger partial charge < -0.3 is 9.80 Å². The van der Waals surface area contributed by atoms with Gasteiger partial charge in [-0.3, -0.25) is 4.79 Å². The number of aryl methyl sites for hydroxylation is 2. The molecule has 172 valence electrons. The summed E-state index contributed by atoms with van der Waals surface area (Å²) in [6, 6.07) is 24.6. The van der Waals surface area contributed by atoms with E-state index in [1.807, 2.05) is 58.3 Å². The lowest BCUT2D eigenvalue weighted by molar-refractivity contribution is 0.0737. The summed E-state index contributed by atoms with van der Waals surface area (Å²) in [6.07, 6.45) is 0. The van der Waals surface area contributed by atoms with Crippen LogP contribution in [0.2, 0.25) is 0 Å². The van der Waals surface area contributed by atoms with Gasteiger partial charge in [-0.25, -0.2) is 9.07 Å². The van der Waals surface area contributed by atoms with Crippen LogP contribution in [-0.4, -0.2) is 46.8 Å². The van der Waals surface area contributed by atoms with Crippen LogP contribution in [0.15, 0.2) is 78.9 Å². The maximum atomic E-state index is 14.2. The maximum Gasteiger partial charge on any atom is 0.272 e. The fourth-order valence-electron chi connectivity index (χ4n) is 4.36. The second kappa shape index (κ2) is 9.14. The van der Waals surface area contributed by atoms with Gasteiger partial charge in [0.25, 0.3) is 5.91 Å². The number of anilines is 1. The first-order valence-corrected chi connectivity index (χ1v) is 11.5. The third-order valence-corrected chi connectivity index (χ3v) is 6.49. The Kier molecular flexibility index (Phi) is 5.88. The van der Waals surface area contributed by atoms with Crippen LogP contribution in [0.1, 0.15) is 21.6 Å². The summed E-state index contributed by atoms with van der Waals surface area (Å²) in [5, 5.41) is 4.82. The van der Waals surface area contributed by atoms with Crippen LogP contribution in [-0.2, 0) is 0 Å². The minimum absolute atomic E-state index is 0.0698. The average Bonchev–Trinajstić information content (AvgIpc) is 3.32. The molecule has 6 heteroatoms. The Hall–Kier alpha value is -3.93. The van der Waals surface area contributed by atoms with Gasteiger partial charge in [-0.1, -0.05) is 42.5 Å². The van der Waals surface area contributed by atoms with Crippen LogP contribution in [0.25, 0.3) is 16.9 Å². The highest BCUT2D eigenvalue weighted by atomic mass is 19.1. The van der Waals surface area contributed by atoms with Gasteiger partial charge in [0.2, 0.25) is 0 Å². The molecule has 0 radical (unpaired) electrons. The van der Waals surface area contributed by atoms with Gasteiger partial charge in [0.05, 0.1) is 17.1 Å². The summed E-state index contributed by atoms with van der Waals surface area (Å²) in [5.41, 5.74) is 6.10. The summed E-state index contributed by atoms with van der Waals surface area (Å²) >= 11 is 0. The highest BCUT2D eigenvalue weighted by Gasteiger charge is 2.27. The number of piperazine rings is 1. The first kappa shape index (κ1) is 21.9. The van der Waals surface area contributed by atoms with Gasteiger partial charge in [-0.2, -0.15) is 5.10 Å². The minimum atomic E-state index is -0.234. The molecular formula is C28H27FN4O. The smallest absolute Gasteiger partial charge is 0.272 e. The zero-order valence-electron chi connectivity index (χ0n) is 19.4. The molecule has 4 aromatic rings. The third-order valence-electron chi connectivity index (χ3n) is 6.49. The number of hydrogen-bond acceptors (Lipinski definition) is 3. The Morgan fingerprint density at radius 1 is 0.824 bits per heavy atom. The number of amides is 1. The molecule has 0 atom stereocenters. The van der Waals surface area contributed by atoms with Crippen LogP contribution >= 0.6 is 0 Å². The van der Waals surface area contributed by atoms with Crippen LogP contribution < -0.4 is 4.90 Å². The summed E-state index contributed by atoms with van der Waals surface area (Å²) in [4.78, 5) is 17.5. The summed E-state index contributed by atoms with van der Waals surface area (Å²) < 4.78 is 16.0. The van der Waals surface area contributed by atoms with E-state index in [1.54, 1.807) is 16.8 Å². The Balaban J connectivity index is 1.44. The van der Waals surface area contributed by atoms with E-state index in [0.29, 0.717) is 37.6 Å². The number of carbonyl (C=O) groups is 1. The van der Waals surface area contributed by atoms with Crippen LogP contribution in [0.3, 0.4) is 0 Å². The molecule has 0 saturated carbocycles. The zero-order valence-corrected chi connectivity index (χ0v) is 19.4. The lowest BCUT2D eigenvalue weighted by atomic mass is 10.0. The van der Waals surface area contributed by atoms with E-state index in [-0.39, 0.29) is 11.7 Å². The molecule has 2 heterocycles. The van der Waals surface area contributed by atoms with E-state index in [1.165, 1.54) is 17.2 Å². The summed E-state index contributed by atoms with van der Waals surface area (Å²) in [7, 11) is 0. The van der Waals surface area contributed by atoms with Crippen LogP contribution in [0.5, 0.6) is 0 Å². The monoisotopic (exact) mass is 454 g/mol. The highest BCUT2D eigenvalue weighted by molar-refractivity contribution is 5.94. The largest absolute Gasteiger partial charge is 0.366 e. The van der Waals surface area contributed by atoms with Crippen LogP contribution in [0.4, 0.5) is 10.1 Å². The van der Waals surface area contributed by atoms with E-state index in [9.17, 15) is 9.18 Å². The molecule has 1 aliphatic rings. The Labute approximate surface area is 199 Å². The molecule has 0 N–H and O–H groups in total. The van der Waals surface area contributed by atoms with Crippen molar-refractivity contribution in [2.75, 3.05) is 31.1 Å². The lowest BCUT2D eigenvalue weighted by Crippen LogP contribution is -2.49. The second-order valence-corrected chi connectivity index (χ2v) is 8.69. The molecule has 0 unspecified atom stereocenters. The van der Waals surface area contributed by atoms with E-state index in [0.717, 1.165) is 16.9 Å². The van der Waals surface area contributed by atoms with Crippen molar-refractivity contribution < 1.29 is 9.18 Å². The van der Waals surface area contributed by atoms with Gasteiger partial charge in [-0.05, 0) is 61.4 Å². The molecule has 1 aliphatic heterocycles. The molecule has 1 amide bonds. The van der Waals surface area contributed by atoms with E-state index in [2.05, 4.69) is 26.0 Å². The Morgan fingerprint density at radius 2 is 1.53 bits per heavy atom. The fourth-order valence-corrected chi connectivity index (χ4v) is 4.36. The number of aromatic nitrogens is 2. The standard InChI is InChI=1S/C28H27FN4O/c1-20-12-13-22(18-21(20)2)25-19-27(33(30-25)23-8-4-3-5-9-23)28(34)32-16-14-31(15-17-32)26-11-7-6-10-24(26)29/h3-13,18-19H,14-17H2,1-2H3. The Bertz CT molecular complexity index is 1320. The first-order valence-electron chi connectivity index (χ1n) is 11.5. The summed E-state index contributed by atoms with van der Waals surface area (Å²) in [6.45, 7) is 6.36.